The molecular weight excluding hydrogens is 365 g/mol. The Morgan fingerprint density at radius 2 is 1.71 bits per heavy atom. The Balaban J connectivity index is 1.37. The summed E-state index contributed by atoms with van der Waals surface area (Å²) >= 11 is 0. The average Bonchev–Trinajstić information content (AvgIpc) is 3.34. The number of rotatable bonds is 4. The summed E-state index contributed by atoms with van der Waals surface area (Å²) in [6.45, 7) is 1.49. The number of halogens is 1. The minimum Gasteiger partial charge on any atom is -0.459 e. The second-order valence-corrected chi connectivity index (χ2v) is 7.11. The highest BCUT2D eigenvalue weighted by Crippen LogP contribution is 2.48. The van der Waals surface area contributed by atoms with E-state index in [9.17, 15) is 18.8 Å². The molecule has 28 heavy (non-hydrogen) atoms. The number of furan rings is 1. The van der Waals surface area contributed by atoms with E-state index >= 15 is 0 Å². The van der Waals surface area contributed by atoms with Crippen LogP contribution in [0.3, 0.4) is 0 Å². The van der Waals surface area contributed by atoms with Crippen LogP contribution >= 0.6 is 0 Å². The highest BCUT2D eigenvalue weighted by atomic mass is 19.1. The number of nitrogens with zero attached hydrogens (tertiary/aromatic N) is 2. The van der Waals surface area contributed by atoms with E-state index in [1.807, 2.05) is 0 Å². The summed E-state index contributed by atoms with van der Waals surface area (Å²) in [6, 6.07) is 8.85. The first-order valence-electron chi connectivity index (χ1n) is 9.19. The summed E-state index contributed by atoms with van der Waals surface area (Å²) in [5, 5.41) is 2.65. The molecule has 8 heteroatoms. The van der Waals surface area contributed by atoms with E-state index < -0.39 is 17.1 Å². The molecule has 1 aromatic heterocycles. The second-order valence-electron chi connectivity index (χ2n) is 7.11. The standard InChI is InChI=1S/C20H20FN3O4/c21-14-3-1-4-15(13-14)22-18(26)20(6-7-20)19(27)24-10-8-23(9-11-24)17(25)16-5-2-12-28-16/h1-5,12-13H,6-11H2,(H,22,26). The van der Waals surface area contributed by atoms with Crippen molar-refractivity contribution in [2.75, 3.05) is 31.5 Å². The van der Waals surface area contributed by atoms with Gasteiger partial charge in [-0.15, -0.1) is 0 Å². The van der Waals surface area contributed by atoms with Gasteiger partial charge >= 0.3 is 0 Å². The third-order valence-electron chi connectivity index (χ3n) is 5.26. The first kappa shape index (κ1) is 18.2. The number of amides is 3. The molecule has 1 aliphatic heterocycles. The van der Waals surface area contributed by atoms with Gasteiger partial charge in [0.1, 0.15) is 11.2 Å². The van der Waals surface area contributed by atoms with Crippen molar-refractivity contribution in [3.8, 4) is 0 Å². The molecule has 3 amide bonds. The van der Waals surface area contributed by atoms with Crippen molar-refractivity contribution >= 4 is 23.4 Å². The van der Waals surface area contributed by atoms with Crippen molar-refractivity contribution in [1.29, 1.82) is 0 Å². The molecule has 1 N–H and O–H groups in total. The smallest absolute Gasteiger partial charge is 0.289 e. The van der Waals surface area contributed by atoms with Crippen LogP contribution in [0.25, 0.3) is 0 Å². The first-order valence-corrected chi connectivity index (χ1v) is 9.19. The number of nitrogens with one attached hydrogen (secondary N) is 1. The van der Waals surface area contributed by atoms with Crippen LogP contribution in [0, 0.1) is 11.2 Å². The number of piperazine rings is 1. The maximum atomic E-state index is 13.3. The summed E-state index contributed by atoms with van der Waals surface area (Å²) in [5.41, 5.74) is -0.752. The quantitative estimate of drug-likeness (QED) is 0.818. The highest BCUT2D eigenvalue weighted by molar-refractivity contribution is 6.13. The van der Waals surface area contributed by atoms with Crippen LogP contribution in [0.4, 0.5) is 10.1 Å². The Hall–Kier alpha value is -3.16. The van der Waals surface area contributed by atoms with Gasteiger partial charge in [-0.2, -0.15) is 0 Å². The van der Waals surface area contributed by atoms with Crippen LogP contribution in [-0.2, 0) is 9.59 Å². The molecule has 146 valence electrons. The number of carbonyl (C=O) groups is 3. The van der Waals surface area contributed by atoms with E-state index in [0.29, 0.717) is 44.7 Å². The van der Waals surface area contributed by atoms with Gasteiger partial charge in [0.2, 0.25) is 11.8 Å². The third-order valence-corrected chi connectivity index (χ3v) is 5.26. The summed E-state index contributed by atoms with van der Waals surface area (Å²) in [6.07, 6.45) is 2.39. The molecule has 0 radical (unpaired) electrons. The molecule has 1 saturated heterocycles. The molecule has 4 rings (SSSR count). The van der Waals surface area contributed by atoms with Gasteiger partial charge in [0.25, 0.3) is 5.91 Å². The van der Waals surface area contributed by atoms with E-state index in [4.69, 9.17) is 4.42 Å². The minimum absolute atomic E-state index is 0.206. The van der Waals surface area contributed by atoms with Gasteiger partial charge in [-0.1, -0.05) is 6.07 Å². The van der Waals surface area contributed by atoms with Gasteiger partial charge in [0.15, 0.2) is 5.76 Å². The monoisotopic (exact) mass is 385 g/mol. The largest absolute Gasteiger partial charge is 0.459 e. The van der Waals surface area contributed by atoms with Crippen LogP contribution in [0.15, 0.2) is 47.1 Å². The number of benzene rings is 1. The number of hydrogen-bond acceptors (Lipinski definition) is 4. The molecule has 1 aromatic carbocycles. The summed E-state index contributed by atoms with van der Waals surface area (Å²) in [4.78, 5) is 41.2. The van der Waals surface area contributed by atoms with Gasteiger partial charge in [-0.3, -0.25) is 14.4 Å². The fourth-order valence-corrected chi connectivity index (χ4v) is 3.45. The fraction of sp³-hybridized carbons (Fsp3) is 0.350. The van der Waals surface area contributed by atoms with Crippen molar-refractivity contribution in [3.05, 3.63) is 54.2 Å². The van der Waals surface area contributed by atoms with Gasteiger partial charge < -0.3 is 19.5 Å². The van der Waals surface area contributed by atoms with E-state index in [2.05, 4.69) is 5.32 Å². The minimum atomic E-state index is -1.08. The van der Waals surface area contributed by atoms with Crippen LogP contribution in [0.5, 0.6) is 0 Å². The van der Waals surface area contributed by atoms with Crippen LogP contribution in [0.1, 0.15) is 23.4 Å². The van der Waals surface area contributed by atoms with Crippen molar-refractivity contribution in [3.63, 3.8) is 0 Å². The third kappa shape index (κ3) is 3.37. The van der Waals surface area contributed by atoms with Crippen molar-refractivity contribution < 1.29 is 23.2 Å². The molecule has 0 bridgehead atoms. The van der Waals surface area contributed by atoms with Gasteiger partial charge in [-0.05, 0) is 43.2 Å². The molecule has 2 heterocycles. The van der Waals surface area contributed by atoms with E-state index in [1.165, 1.54) is 24.5 Å². The lowest BCUT2D eigenvalue weighted by Crippen LogP contribution is -2.53. The Kier molecular flexibility index (Phi) is 4.62. The average molecular weight is 385 g/mol. The molecule has 2 aliphatic rings. The fourth-order valence-electron chi connectivity index (χ4n) is 3.45. The van der Waals surface area contributed by atoms with Crippen LogP contribution in [0.2, 0.25) is 0 Å². The van der Waals surface area contributed by atoms with Gasteiger partial charge in [-0.25, -0.2) is 4.39 Å². The molecule has 7 nitrogen and oxygen atoms in total. The van der Waals surface area contributed by atoms with E-state index in [-0.39, 0.29) is 17.6 Å². The Morgan fingerprint density at radius 1 is 1.00 bits per heavy atom. The predicted molar refractivity (Wildman–Crippen MR) is 97.9 cm³/mol. The van der Waals surface area contributed by atoms with Crippen molar-refractivity contribution in [2.45, 2.75) is 12.8 Å². The first-order chi connectivity index (χ1) is 13.5. The zero-order valence-electron chi connectivity index (χ0n) is 15.2. The number of carbonyl (C=O) groups excluding carboxylic acids is 3. The van der Waals surface area contributed by atoms with E-state index in [0.717, 1.165) is 0 Å². The summed E-state index contributed by atoms with van der Waals surface area (Å²) < 4.78 is 18.4. The predicted octanol–water partition coefficient (Wildman–Crippen LogP) is 2.12. The normalized spacial score (nSPS) is 17.9. The molecule has 0 atom stereocenters. The molecule has 0 unspecified atom stereocenters. The zero-order chi connectivity index (χ0) is 19.7. The highest BCUT2D eigenvalue weighted by Gasteiger charge is 2.58. The Bertz CT molecular complexity index is 900. The molecule has 2 fully saturated rings. The van der Waals surface area contributed by atoms with Crippen LogP contribution in [-0.4, -0.2) is 53.7 Å². The molecular formula is C20H20FN3O4. The molecule has 2 aromatic rings. The lowest BCUT2D eigenvalue weighted by atomic mass is 10.0. The van der Waals surface area contributed by atoms with Gasteiger partial charge in [0, 0.05) is 31.9 Å². The topological polar surface area (TPSA) is 82.9 Å². The summed E-state index contributed by atoms with van der Waals surface area (Å²) in [5.74, 6) is -1.02. The van der Waals surface area contributed by atoms with Crippen LogP contribution < -0.4 is 5.32 Å². The lowest BCUT2D eigenvalue weighted by molar-refractivity contribution is -0.143. The Morgan fingerprint density at radius 3 is 2.32 bits per heavy atom. The van der Waals surface area contributed by atoms with Crippen molar-refractivity contribution in [1.82, 2.24) is 9.80 Å². The second kappa shape index (κ2) is 7.10. The SMILES string of the molecule is O=C(c1ccco1)N1CCN(C(=O)C2(C(=O)Nc3cccc(F)c3)CC2)CC1. The number of hydrogen-bond donors (Lipinski definition) is 1. The van der Waals surface area contributed by atoms with Gasteiger partial charge in [0.05, 0.1) is 6.26 Å². The maximum Gasteiger partial charge on any atom is 0.289 e. The Labute approximate surface area is 161 Å². The zero-order valence-corrected chi connectivity index (χ0v) is 15.2. The molecule has 0 spiro atoms. The molecule has 1 aliphatic carbocycles. The number of anilines is 1. The van der Waals surface area contributed by atoms with E-state index in [1.54, 1.807) is 28.0 Å². The lowest BCUT2D eigenvalue weighted by Gasteiger charge is -2.36. The maximum absolute atomic E-state index is 13.3. The summed E-state index contributed by atoms with van der Waals surface area (Å²) in [7, 11) is 0. The van der Waals surface area contributed by atoms with Crippen molar-refractivity contribution in [2.24, 2.45) is 5.41 Å². The molecule has 1 saturated carbocycles.